The van der Waals surface area contributed by atoms with Gasteiger partial charge in [-0.05, 0) is 47.5 Å². The Kier molecular flexibility index (Phi) is 5.81. The molecule has 0 bridgehead atoms. The van der Waals surface area contributed by atoms with Crippen molar-refractivity contribution in [3.8, 4) is 16.9 Å². The van der Waals surface area contributed by atoms with Gasteiger partial charge < -0.3 is 10.2 Å². The van der Waals surface area contributed by atoms with Gasteiger partial charge in [0.25, 0.3) is 11.3 Å². The summed E-state index contributed by atoms with van der Waals surface area (Å²) in [5.74, 6) is -1.98. The minimum Gasteiger partial charge on any atom is -0.507 e. The van der Waals surface area contributed by atoms with Crippen molar-refractivity contribution >= 4 is 28.6 Å². The lowest BCUT2D eigenvalue weighted by Gasteiger charge is -2.21. The van der Waals surface area contributed by atoms with Crippen molar-refractivity contribution in [2.45, 2.75) is 6.18 Å². The number of nitrogens with zero attached hydrogens (tertiary/aromatic N) is 1. The molecular formula is C20H14F3NO5S. The molecule has 30 heavy (non-hydrogen) atoms. The van der Waals surface area contributed by atoms with E-state index >= 15 is 0 Å². The number of anilines is 2. The predicted molar refractivity (Wildman–Crippen MR) is 105 cm³/mol. The van der Waals surface area contributed by atoms with E-state index in [2.05, 4.69) is 0 Å². The zero-order valence-electron chi connectivity index (χ0n) is 15.0. The second-order valence-electron chi connectivity index (χ2n) is 6.16. The molecule has 3 rings (SSSR count). The molecule has 0 fully saturated rings. The van der Waals surface area contributed by atoms with Gasteiger partial charge in [0, 0.05) is 6.07 Å². The number of halogens is 3. The molecule has 3 aromatic rings. The quantitative estimate of drug-likeness (QED) is 0.485. The summed E-state index contributed by atoms with van der Waals surface area (Å²) < 4.78 is 61.6. The summed E-state index contributed by atoms with van der Waals surface area (Å²) in [5, 5.41) is 18.9. The van der Waals surface area contributed by atoms with Crippen molar-refractivity contribution in [3.05, 3.63) is 77.9 Å². The first-order valence-electron chi connectivity index (χ1n) is 8.33. The van der Waals surface area contributed by atoms with E-state index in [0.717, 1.165) is 28.6 Å². The third-order valence-corrected chi connectivity index (χ3v) is 4.94. The van der Waals surface area contributed by atoms with Gasteiger partial charge >= 0.3 is 12.1 Å². The lowest BCUT2D eigenvalue weighted by atomic mass is 10.0. The Labute approximate surface area is 171 Å². The summed E-state index contributed by atoms with van der Waals surface area (Å²) in [6, 6.07) is 13.9. The van der Waals surface area contributed by atoms with Crippen molar-refractivity contribution in [2.75, 3.05) is 4.31 Å². The fourth-order valence-corrected chi connectivity index (χ4v) is 3.43. The Hall–Kier alpha value is -3.37. The lowest BCUT2D eigenvalue weighted by Crippen LogP contribution is -2.19. The third-order valence-electron chi connectivity index (χ3n) is 4.21. The van der Waals surface area contributed by atoms with E-state index in [0.29, 0.717) is 5.56 Å². The minimum absolute atomic E-state index is 0.0134. The van der Waals surface area contributed by atoms with Crippen LogP contribution in [0.15, 0.2) is 66.7 Å². The number of benzene rings is 3. The van der Waals surface area contributed by atoms with E-state index in [1.807, 2.05) is 0 Å². The molecule has 3 N–H and O–H groups in total. The number of rotatable bonds is 5. The molecule has 0 heterocycles. The maximum atomic E-state index is 13.0. The molecule has 3 aromatic carbocycles. The molecule has 0 aliphatic carbocycles. The third kappa shape index (κ3) is 4.44. The molecule has 0 aromatic heterocycles. The van der Waals surface area contributed by atoms with Crippen LogP contribution in [0.5, 0.6) is 5.75 Å². The fraction of sp³-hybridized carbons (Fsp3) is 0.0500. The largest absolute Gasteiger partial charge is 0.507 e. The summed E-state index contributed by atoms with van der Waals surface area (Å²) in [4.78, 5) is 11.0. The van der Waals surface area contributed by atoms with E-state index in [1.54, 1.807) is 6.07 Å². The number of aromatic hydroxyl groups is 1. The van der Waals surface area contributed by atoms with E-state index in [9.17, 15) is 31.8 Å². The van der Waals surface area contributed by atoms with Crippen LogP contribution in [0.1, 0.15) is 15.9 Å². The molecule has 10 heteroatoms. The number of phenols is 1. The number of alkyl halides is 3. The van der Waals surface area contributed by atoms with E-state index in [4.69, 9.17) is 5.11 Å². The standard InChI is InChI=1S/C20H14F3NO5S/c21-20(22,23)14-5-1-3-12(9-14)13-4-2-6-15(10-13)24(30(28)29)16-7-8-17(19(26)27)18(25)11-16/h1-11,25H,(H,26,27)(H,28,29). The maximum Gasteiger partial charge on any atom is 0.416 e. The van der Waals surface area contributed by atoms with Crippen LogP contribution in [0, 0.1) is 0 Å². The molecule has 0 saturated carbocycles. The number of hydrogen-bond donors (Lipinski definition) is 3. The van der Waals surface area contributed by atoms with Gasteiger partial charge in [0.15, 0.2) is 0 Å². The fourth-order valence-electron chi connectivity index (χ4n) is 2.84. The summed E-state index contributed by atoms with van der Waals surface area (Å²) in [6.45, 7) is 0. The number of carboxylic acids is 1. The normalized spacial score (nSPS) is 12.4. The van der Waals surface area contributed by atoms with Gasteiger partial charge in [-0.3, -0.25) is 4.55 Å². The molecule has 6 nitrogen and oxygen atoms in total. The summed E-state index contributed by atoms with van der Waals surface area (Å²) in [7, 11) is 0. The highest BCUT2D eigenvalue weighted by atomic mass is 32.2. The van der Waals surface area contributed by atoms with Crippen molar-refractivity contribution < 1.29 is 36.9 Å². The summed E-state index contributed by atoms with van der Waals surface area (Å²) in [6.07, 6.45) is -4.52. The number of aromatic carboxylic acids is 1. The molecular weight excluding hydrogens is 423 g/mol. The van der Waals surface area contributed by atoms with Crippen molar-refractivity contribution in [2.24, 2.45) is 0 Å². The van der Waals surface area contributed by atoms with Gasteiger partial charge in [-0.25, -0.2) is 13.3 Å². The van der Waals surface area contributed by atoms with Gasteiger partial charge in [-0.1, -0.05) is 24.3 Å². The van der Waals surface area contributed by atoms with Crippen LogP contribution >= 0.6 is 0 Å². The van der Waals surface area contributed by atoms with Crippen molar-refractivity contribution in [1.82, 2.24) is 0 Å². The van der Waals surface area contributed by atoms with Crippen LogP contribution in [0.3, 0.4) is 0 Å². The highest BCUT2D eigenvalue weighted by molar-refractivity contribution is 7.81. The van der Waals surface area contributed by atoms with Gasteiger partial charge in [0.2, 0.25) is 0 Å². The van der Waals surface area contributed by atoms with E-state index in [-0.39, 0.29) is 22.5 Å². The Morgan fingerprint density at radius 1 is 0.900 bits per heavy atom. The molecule has 1 atom stereocenters. The molecule has 0 radical (unpaired) electrons. The SMILES string of the molecule is O=C(O)c1ccc(N(c2cccc(-c3cccc(C(F)(F)F)c3)c2)S(=O)O)cc1O. The Bertz CT molecular complexity index is 1130. The van der Waals surface area contributed by atoms with Crippen LogP contribution in [-0.4, -0.2) is 24.9 Å². The Morgan fingerprint density at radius 2 is 1.50 bits per heavy atom. The zero-order valence-corrected chi connectivity index (χ0v) is 15.8. The topological polar surface area (TPSA) is 98.1 Å². The van der Waals surface area contributed by atoms with Crippen molar-refractivity contribution in [3.63, 3.8) is 0 Å². The van der Waals surface area contributed by atoms with Gasteiger partial charge in [0.1, 0.15) is 11.3 Å². The molecule has 1 unspecified atom stereocenters. The predicted octanol–water partition coefficient (Wildman–Crippen LogP) is 5.05. The maximum absolute atomic E-state index is 13.0. The van der Waals surface area contributed by atoms with Crippen molar-refractivity contribution in [1.29, 1.82) is 0 Å². The van der Waals surface area contributed by atoms with Gasteiger partial charge in [-0.2, -0.15) is 13.2 Å². The Balaban J connectivity index is 2.06. The number of hydrogen-bond acceptors (Lipinski definition) is 3. The van der Waals surface area contributed by atoms with E-state index < -0.39 is 34.7 Å². The summed E-state index contributed by atoms with van der Waals surface area (Å²) >= 11 is -2.62. The summed E-state index contributed by atoms with van der Waals surface area (Å²) in [5.41, 5.74) is -0.449. The van der Waals surface area contributed by atoms with E-state index in [1.165, 1.54) is 36.4 Å². The number of carboxylic acid groups (broad SMARTS) is 1. The average molecular weight is 437 g/mol. The smallest absolute Gasteiger partial charge is 0.416 e. The first-order chi connectivity index (χ1) is 14.1. The average Bonchev–Trinajstić information content (AvgIpc) is 2.67. The molecule has 0 spiro atoms. The van der Waals surface area contributed by atoms with Gasteiger partial charge in [-0.15, -0.1) is 0 Å². The zero-order chi connectivity index (χ0) is 22.1. The second-order valence-corrected chi connectivity index (χ2v) is 6.99. The lowest BCUT2D eigenvalue weighted by molar-refractivity contribution is -0.137. The van der Waals surface area contributed by atoms with Crippen LogP contribution in [0.25, 0.3) is 11.1 Å². The highest BCUT2D eigenvalue weighted by Crippen LogP contribution is 2.35. The molecule has 0 aliphatic heterocycles. The van der Waals surface area contributed by atoms with Gasteiger partial charge in [0.05, 0.1) is 16.9 Å². The van der Waals surface area contributed by atoms with Crippen LogP contribution in [-0.2, 0) is 17.4 Å². The molecule has 0 aliphatic rings. The molecule has 0 amide bonds. The molecule has 156 valence electrons. The minimum atomic E-state index is -4.52. The highest BCUT2D eigenvalue weighted by Gasteiger charge is 2.30. The number of carbonyl (C=O) groups is 1. The first kappa shape index (κ1) is 21.3. The first-order valence-corrected chi connectivity index (χ1v) is 9.39. The van der Waals surface area contributed by atoms with Crippen LogP contribution in [0.4, 0.5) is 24.5 Å². The second kappa shape index (κ2) is 8.17. The molecule has 0 saturated heterocycles. The van der Waals surface area contributed by atoms with Crippen LogP contribution < -0.4 is 4.31 Å². The van der Waals surface area contributed by atoms with Crippen LogP contribution in [0.2, 0.25) is 0 Å². The monoisotopic (exact) mass is 437 g/mol. The Morgan fingerprint density at radius 3 is 2.07 bits per heavy atom.